The largest absolute Gasteiger partial charge is 0.347 e. The van der Waals surface area contributed by atoms with Crippen LogP contribution in [0.15, 0.2) is 21.3 Å². The molecule has 0 aliphatic carbocycles. The number of nitrogens with one attached hydrogen (secondary N) is 1. The minimum absolute atomic E-state index is 0.0422. The van der Waals surface area contributed by atoms with Crippen LogP contribution in [-0.2, 0) is 16.0 Å². The first-order valence-electron chi connectivity index (χ1n) is 7.99. The number of aromatic nitrogens is 2. The Balaban J connectivity index is 1.55. The Morgan fingerprint density at radius 1 is 1.50 bits per heavy atom. The van der Waals surface area contributed by atoms with Gasteiger partial charge in [-0.2, -0.15) is 16.3 Å². The summed E-state index contributed by atoms with van der Waals surface area (Å²) in [5.74, 6) is 1.29. The standard InChI is InChI=1S/C16H20N4O3S/c1-11(21)17-8-15(22)20-5-2-3-12(9-20)7-14-18-16(19-23-14)13-4-6-24-10-13/h4,6,10,12H,2-3,5,7-9H2,1H3,(H,17,21). The summed E-state index contributed by atoms with van der Waals surface area (Å²) in [6.45, 7) is 2.87. The van der Waals surface area contributed by atoms with E-state index < -0.39 is 0 Å². The van der Waals surface area contributed by atoms with Gasteiger partial charge in [0.1, 0.15) is 0 Å². The van der Waals surface area contributed by atoms with Crippen molar-refractivity contribution in [2.75, 3.05) is 19.6 Å². The molecule has 0 spiro atoms. The highest BCUT2D eigenvalue weighted by molar-refractivity contribution is 7.08. The van der Waals surface area contributed by atoms with E-state index in [-0.39, 0.29) is 18.4 Å². The van der Waals surface area contributed by atoms with Gasteiger partial charge in [0.15, 0.2) is 0 Å². The van der Waals surface area contributed by atoms with Gasteiger partial charge in [-0.1, -0.05) is 5.16 Å². The van der Waals surface area contributed by atoms with Crippen LogP contribution in [0.1, 0.15) is 25.7 Å². The molecular formula is C16H20N4O3S. The number of amides is 2. The summed E-state index contributed by atoms with van der Waals surface area (Å²) in [6, 6.07) is 1.96. The van der Waals surface area contributed by atoms with E-state index >= 15 is 0 Å². The lowest BCUT2D eigenvalue weighted by Gasteiger charge is -2.32. The molecule has 24 heavy (non-hydrogen) atoms. The second-order valence-electron chi connectivity index (χ2n) is 5.99. The molecule has 0 aromatic carbocycles. The second-order valence-corrected chi connectivity index (χ2v) is 6.77. The van der Waals surface area contributed by atoms with E-state index in [0.29, 0.717) is 30.6 Å². The molecule has 1 atom stereocenters. The zero-order valence-electron chi connectivity index (χ0n) is 13.5. The van der Waals surface area contributed by atoms with E-state index in [1.54, 1.807) is 16.2 Å². The first-order valence-corrected chi connectivity index (χ1v) is 8.93. The molecule has 1 N–H and O–H groups in total. The van der Waals surface area contributed by atoms with Gasteiger partial charge in [-0.15, -0.1) is 0 Å². The van der Waals surface area contributed by atoms with Gasteiger partial charge in [-0.05, 0) is 30.2 Å². The number of piperidine rings is 1. The second kappa shape index (κ2) is 7.57. The van der Waals surface area contributed by atoms with Crippen molar-refractivity contribution in [1.29, 1.82) is 0 Å². The van der Waals surface area contributed by atoms with E-state index in [1.807, 2.05) is 16.8 Å². The lowest BCUT2D eigenvalue weighted by molar-refractivity contribution is -0.134. The molecule has 3 heterocycles. The van der Waals surface area contributed by atoms with Gasteiger partial charge in [0.25, 0.3) is 0 Å². The molecule has 128 valence electrons. The van der Waals surface area contributed by atoms with Gasteiger partial charge in [-0.3, -0.25) is 9.59 Å². The Labute approximate surface area is 144 Å². The number of carbonyl (C=O) groups is 2. The number of thiophene rings is 1. The third-order valence-electron chi connectivity index (χ3n) is 4.07. The Hall–Kier alpha value is -2.22. The molecule has 1 aliphatic heterocycles. The predicted molar refractivity (Wildman–Crippen MR) is 89.3 cm³/mol. The van der Waals surface area contributed by atoms with Crippen LogP contribution in [0.5, 0.6) is 0 Å². The minimum atomic E-state index is -0.191. The number of hydrogen-bond acceptors (Lipinski definition) is 6. The molecule has 1 fully saturated rings. The van der Waals surface area contributed by atoms with Crippen LogP contribution in [-0.4, -0.2) is 46.5 Å². The normalized spacial score (nSPS) is 17.7. The first-order chi connectivity index (χ1) is 11.6. The third kappa shape index (κ3) is 4.19. The number of likely N-dealkylation sites (tertiary alicyclic amines) is 1. The van der Waals surface area contributed by atoms with Crippen LogP contribution in [0.2, 0.25) is 0 Å². The molecule has 0 saturated carbocycles. The summed E-state index contributed by atoms with van der Waals surface area (Å²) in [7, 11) is 0. The van der Waals surface area contributed by atoms with Crippen molar-refractivity contribution in [3.05, 3.63) is 22.7 Å². The first kappa shape index (κ1) is 16.6. The number of nitrogens with zero attached hydrogens (tertiary/aromatic N) is 3. The van der Waals surface area contributed by atoms with Crippen molar-refractivity contribution < 1.29 is 14.1 Å². The Morgan fingerprint density at radius 3 is 3.12 bits per heavy atom. The highest BCUT2D eigenvalue weighted by Crippen LogP contribution is 2.23. The Kier molecular flexibility index (Phi) is 5.24. The molecule has 1 saturated heterocycles. The van der Waals surface area contributed by atoms with E-state index in [0.717, 1.165) is 24.9 Å². The molecule has 2 aromatic heterocycles. The fourth-order valence-electron chi connectivity index (χ4n) is 2.86. The molecule has 2 amide bonds. The quantitative estimate of drug-likeness (QED) is 0.889. The molecule has 7 nitrogen and oxygen atoms in total. The lowest BCUT2D eigenvalue weighted by atomic mass is 9.94. The van der Waals surface area contributed by atoms with Crippen molar-refractivity contribution >= 4 is 23.2 Å². The van der Waals surface area contributed by atoms with Crippen LogP contribution in [0.25, 0.3) is 11.4 Å². The maximum atomic E-state index is 12.1. The van der Waals surface area contributed by atoms with Crippen LogP contribution < -0.4 is 5.32 Å². The van der Waals surface area contributed by atoms with Gasteiger partial charge >= 0.3 is 0 Å². The fourth-order valence-corrected chi connectivity index (χ4v) is 3.50. The summed E-state index contributed by atoms with van der Waals surface area (Å²) in [5, 5.41) is 10.5. The maximum Gasteiger partial charge on any atom is 0.241 e. The summed E-state index contributed by atoms with van der Waals surface area (Å²) < 4.78 is 5.35. The van der Waals surface area contributed by atoms with Crippen molar-refractivity contribution in [2.45, 2.75) is 26.2 Å². The van der Waals surface area contributed by atoms with Gasteiger partial charge in [0.2, 0.25) is 23.5 Å². The smallest absolute Gasteiger partial charge is 0.241 e. The van der Waals surface area contributed by atoms with Crippen LogP contribution in [0.4, 0.5) is 0 Å². The number of rotatable bonds is 5. The maximum absolute atomic E-state index is 12.1. The Bertz CT molecular complexity index is 698. The van der Waals surface area contributed by atoms with Gasteiger partial charge in [0, 0.05) is 37.4 Å². The highest BCUT2D eigenvalue weighted by Gasteiger charge is 2.25. The van der Waals surface area contributed by atoms with Crippen LogP contribution in [0, 0.1) is 5.92 Å². The molecule has 0 bridgehead atoms. The van der Waals surface area contributed by atoms with Crippen LogP contribution >= 0.6 is 11.3 Å². The average Bonchev–Trinajstić information content (AvgIpc) is 3.24. The summed E-state index contributed by atoms with van der Waals surface area (Å²) in [6.07, 6.45) is 2.64. The topological polar surface area (TPSA) is 88.3 Å². The zero-order valence-corrected chi connectivity index (χ0v) is 14.3. The molecule has 2 aromatic rings. The van der Waals surface area contributed by atoms with E-state index in [4.69, 9.17) is 4.52 Å². The van der Waals surface area contributed by atoms with E-state index in [9.17, 15) is 9.59 Å². The highest BCUT2D eigenvalue weighted by atomic mass is 32.1. The summed E-state index contributed by atoms with van der Waals surface area (Å²) >= 11 is 1.59. The van der Waals surface area contributed by atoms with Crippen molar-refractivity contribution in [3.63, 3.8) is 0 Å². The predicted octanol–water partition coefficient (Wildman–Crippen LogP) is 1.72. The average molecular weight is 348 g/mol. The molecule has 8 heteroatoms. The molecular weight excluding hydrogens is 328 g/mol. The van der Waals surface area contributed by atoms with Gasteiger partial charge < -0.3 is 14.7 Å². The van der Waals surface area contributed by atoms with Crippen LogP contribution in [0.3, 0.4) is 0 Å². The molecule has 1 aliphatic rings. The molecule has 1 unspecified atom stereocenters. The van der Waals surface area contributed by atoms with Crippen molar-refractivity contribution in [1.82, 2.24) is 20.4 Å². The number of carbonyl (C=O) groups excluding carboxylic acids is 2. The lowest BCUT2D eigenvalue weighted by Crippen LogP contribution is -2.45. The van der Waals surface area contributed by atoms with Crippen molar-refractivity contribution in [3.8, 4) is 11.4 Å². The third-order valence-corrected chi connectivity index (χ3v) is 4.75. The molecule has 3 rings (SSSR count). The Morgan fingerprint density at radius 2 is 2.38 bits per heavy atom. The molecule has 0 radical (unpaired) electrons. The SMILES string of the molecule is CC(=O)NCC(=O)N1CCCC(Cc2nc(-c3ccsc3)no2)C1. The zero-order chi connectivity index (χ0) is 16.9. The van der Waals surface area contributed by atoms with Gasteiger partial charge in [0.05, 0.1) is 6.54 Å². The monoisotopic (exact) mass is 348 g/mol. The van der Waals surface area contributed by atoms with Crippen molar-refractivity contribution in [2.24, 2.45) is 5.92 Å². The van der Waals surface area contributed by atoms with E-state index in [1.165, 1.54) is 6.92 Å². The summed E-state index contributed by atoms with van der Waals surface area (Å²) in [4.78, 5) is 29.3. The summed E-state index contributed by atoms with van der Waals surface area (Å²) in [5.41, 5.74) is 0.964. The fraction of sp³-hybridized carbons (Fsp3) is 0.500. The number of hydrogen-bond donors (Lipinski definition) is 1. The van der Waals surface area contributed by atoms with Gasteiger partial charge in [-0.25, -0.2) is 0 Å². The van der Waals surface area contributed by atoms with E-state index in [2.05, 4.69) is 15.5 Å². The minimum Gasteiger partial charge on any atom is -0.347 e.